The summed E-state index contributed by atoms with van der Waals surface area (Å²) >= 11 is 5.97. The van der Waals surface area contributed by atoms with Crippen molar-refractivity contribution >= 4 is 11.6 Å². The van der Waals surface area contributed by atoms with Crippen LogP contribution in [-0.2, 0) is 0 Å². The van der Waals surface area contributed by atoms with Gasteiger partial charge in [-0.15, -0.1) is 0 Å². The number of hydrogen-bond donors (Lipinski definition) is 1. The van der Waals surface area contributed by atoms with E-state index in [0.717, 1.165) is 11.6 Å². The molecule has 1 aliphatic rings. The zero-order chi connectivity index (χ0) is 13.9. The fourth-order valence-corrected chi connectivity index (χ4v) is 3.41. The fourth-order valence-electron chi connectivity index (χ4n) is 3.29. The molecule has 106 valence electrons. The topological polar surface area (TPSA) is 29.3 Å². The molecule has 0 bridgehead atoms. The summed E-state index contributed by atoms with van der Waals surface area (Å²) < 4.78 is 0. The SMILES string of the molecule is CC(c1ccc(Cl)cc1)N(C)C1(CN)CCCCC1. The molecule has 1 fully saturated rings. The normalized spacial score (nSPS) is 20.5. The Bertz CT molecular complexity index is 396. The van der Waals surface area contributed by atoms with Crippen LogP contribution in [0.5, 0.6) is 0 Å². The average Bonchev–Trinajstić information content (AvgIpc) is 2.47. The first-order valence-electron chi connectivity index (χ1n) is 7.27. The molecule has 1 aliphatic carbocycles. The highest BCUT2D eigenvalue weighted by atomic mass is 35.5. The van der Waals surface area contributed by atoms with Crippen molar-refractivity contribution in [3.8, 4) is 0 Å². The molecule has 1 atom stereocenters. The number of likely N-dealkylation sites (N-methyl/N-ethyl adjacent to an activating group) is 1. The third kappa shape index (κ3) is 3.13. The minimum Gasteiger partial charge on any atom is -0.329 e. The molecule has 0 heterocycles. The number of nitrogens with zero attached hydrogens (tertiary/aromatic N) is 1. The van der Waals surface area contributed by atoms with Crippen molar-refractivity contribution < 1.29 is 0 Å². The lowest BCUT2D eigenvalue weighted by Crippen LogP contribution is -2.53. The maximum Gasteiger partial charge on any atom is 0.0406 e. The average molecular weight is 281 g/mol. The Balaban J connectivity index is 2.16. The molecule has 2 rings (SSSR count). The van der Waals surface area contributed by atoms with Crippen LogP contribution in [0.15, 0.2) is 24.3 Å². The third-order valence-corrected chi connectivity index (χ3v) is 5.10. The van der Waals surface area contributed by atoms with E-state index in [9.17, 15) is 0 Å². The zero-order valence-electron chi connectivity index (χ0n) is 12.0. The molecular weight excluding hydrogens is 256 g/mol. The Morgan fingerprint density at radius 2 is 1.79 bits per heavy atom. The molecule has 3 heteroatoms. The molecule has 1 aromatic rings. The van der Waals surface area contributed by atoms with Gasteiger partial charge in [-0.2, -0.15) is 0 Å². The number of rotatable bonds is 4. The quantitative estimate of drug-likeness (QED) is 0.903. The summed E-state index contributed by atoms with van der Waals surface area (Å²) in [6, 6.07) is 8.56. The zero-order valence-corrected chi connectivity index (χ0v) is 12.8. The monoisotopic (exact) mass is 280 g/mol. The summed E-state index contributed by atoms with van der Waals surface area (Å²) in [6.45, 7) is 3.01. The van der Waals surface area contributed by atoms with Gasteiger partial charge in [-0.25, -0.2) is 0 Å². The maximum absolute atomic E-state index is 6.12. The number of nitrogens with two attached hydrogens (primary N) is 1. The van der Waals surface area contributed by atoms with E-state index in [0.29, 0.717) is 6.04 Å². The van der Waals surface area contributed by atoms with Crippen LogP contribution < -0.4 is 5.73 Å². The van der Waals surface area contributed by atoms with Crippen LogP contribution in [0.2, 0.25) is 5.02 Å². The maximum atomic E-state index is 6.12. The summed E-state index contributed by atoms with van der Waals surface area (Å²) in [5, 5.41) is 0.796. The Kier molecular flexibility index (Phi) is 4.88. The highest BCUT2D eigenvalue weighted by Crippen LogP contribution is 2.37. The second-order valence-corrected chi connectivity index (χ2v) is 6.26. The van der Waals surface area contributed by atoms with Gasteiger partial charge in [-0.3, -0.25) is 4.90 Å². The highest BCUT2D eigenvalue weighted by molar-refractivity contribution is 6.30. The van der Waals surface area contributed by atoms with Gasteiger partial charge < -0.3 is 5.73 Å². The van der Waals surface area contributed by atoms with Crippen LogP contribution in [0.3, 0.4) is 0 Å². The van der Waals surface area contributed by atoms with E-state index < -0.39 is 0 Å². The van der Waals surface area contributed by atoms with Gasteiger partial charge >= 0.3 is 0 Å². The van der Waals surface area contributed by atoms with Gasteiger partial charge in [0.15, 0.2) is 0 Å². The number of hydrogen-bond acceptors (Lipinski definition) is 2. The molecule has 2 nitrogen and oxygen atoms in total. The van der Waals surface area contributed by atoms with Gasteiger partial charge in [-0.1, -0.05) is 43.0 Å². The van der Waals surface area contributed by atoms with Crippen LogP contribution >= 0.6 is 11.6 Å². The van der Waals surface area contributed by atoms with Gasteiger partial charge in [0.1, 0.15) is 0 Å². The lowest BCUT2D eigenvalue weighted by molar-refractivity contribution is 0.0491. The van der Waals surface area contributed by atoms with E-state index in [-0.39, 0.29) is 5.54 Å². The predicted octanol–water partition coefficient (Wildman–Crippen LogP) is 3.99. The van der Waals surface area contributed by atoms with E-state index in [1.165, 1.54) is 37.7 Å². The van der Waals surface area contributed by atoms with E-state index in [1.807, 2.05) is 12.1 Å². The Morgan fingerprint density at radius 3 is 2.32 bits per heavy atom. The van der Waals surface area contributed by atoms with Crippen LogP contribution in [0.1, 0.15) is 50.6 Å². The van der Waals surface area contributed by atoms with Crippen molar-refractivity contribution in [3.05, 3.63) is 34.9 Å². The van der Waals surface area contributed by atoms with Crippen LogP contribution in [-0.4, -0.2) is 24.0 Å². The fraction of sp³-hybridized carbons (Fsp3) is 0.625. The highest BCUT2D eigenvalue weighted by Gasteiger charge is 2.37. The van der Waals surface area contributed by atoms with E-state index >= 15 is 0 Å². The second-order valence-electron chi connectivity index (χ2n) is 5.83. The smallest absolute Gasteiger partial charge is 0.0406 e. The molecule has 0 amide bonds. The lowest BCUT2D eigenvalue weighted by Gasteiger charge is -2.47. The van der Waals surface area contributed by atoms with Gasteiger partial charge in [0.25, 0.3) is 0 Å². The summed E-state index contributed by atoms with van der Waals surface area (Å²) in [7, 11) is 2.22. The first-order chi connectivity index (χ1) is 9.09. The summed E-state index contributed by atoms with van der Waals surface area (Å²) in [4.78, 5) is 2.48. The van der Waals surface area contributed by atoms with Crippen molar-refractivity contribution in [2.24, 2.45) is 5.73 Å². The van der Waals surface area contributed by atoms with Gasteiger partial charge in [-0.05, 0) is 44.5 Å². The molecule has 0 radical (unpaired) electrons. The predicted molar refractivity (Wildman–Crippen MR) is 82.5 cm³/mol. The second kappa shape index (κ2) is 6.25. The molecule has 1 aromatic carbocycles. The van der Waals surface area contributed by atoms with Gasteiger partial charge in [0.2, 0.25) is 0 Å². The van der Waals surface area contributed by atoms with Crippen molar-refractivity contribution in [1.82, 2.24) is 4.90 Å². The molecule has 0 aliphatic heterocycles. The molecule has 2 N–H and O–H groups in total. The first kappa shape index (κ1) is 14.8. The van der Waals surface area contributed by atoms with E-state index in [2.05, 4.69) is 31.0 Å². The van der Waals surface area contributed by atoms with E-state index in [1.54, 1.807) is 0 Å². The summed E-state index contributed by atoms with van der Waals surface area (Å²) in [5.74, 6) is 0. The van der Waals surface area contributed by atoms with Gasteiger partial charge in [0.05, 0.1) is 0 Å². The van der Waals surface area contributed by atoms with Crippen LogP contribution in [0.25, 0.3) is 0 Å². The number of halogens is 1. The van der Waals surface area contributed by atoms with Crippen molar-refractivity contribution in [3.63, 3.8) is 0 Å². The standard InChI is InChI=1S/C16H25ClN2/c1-13(14-6-8-15(17)9-7-14)19(2)16(12-18)10-4-3-5-11-16/h6-9,13H,3-5,10-12,18H2,1-2H3. The van der Waals surface area contributed by atoms with Crippen molar-refractivity contribution in [2.45, 2.75) is 50.6 Å². The van der Waals surface area contributed by atoms with Gasteiger partial charge in [0, 0.05) is 23.1 Å². The third-order valence-electron chi connectivity index (χ3n) is 4.85. The van der Waals surface area contributed by atoms with E-state index in [4.69, 9.17) is 17.3 Å². The molecule has 0 spiro atoms. The lowest BCUT2D eigenvalue weighted by atomic mass is 9.79. The van der Waals surface area contributed by atoms with Crippen LogP contribution in [0, 0.1) is 0 Å². The Labute approximate surface area is 121 Å². The first-order valence-corrected chi connectivity index (χ1v) is 7.65. The molecular formula is C16H25ClN2. The number of benzene rings is 1. The summed E-state index contributed by atoms with van der Waals surface area (Å²) in [6.07, 6.45) is 6.39. The molecule has 1 unspecified atom stereocenters. The summed E-state index contributed by atoms with van der Waals surface area (Å²) in [5.41, 5.74) is 7.60. The Hall–Kier alpha value is -0.570. The largest absolute Gasteiger partial charge is 0.329 e. The minimum absolute atomic E-state index is 0.178. The minimum atomic E-state index is 0.178. The van der Waals surface area contributed by atoms with Crippen molar-refractivity contribution in [1.29, 1.82) is 0 Å². The Morgan fingerprint density at radius 1 is 1.21 bits per heavy atom. The molecule has 19 heavy (non-hydrogen) atoms. The molecule has 1 saturated carbocycles. The van der Waals surface area contributed by atoms with Crippen LogP contribution in [0.4, 0.5) is 0 Å². The van der Waals surface area contributed by atoms with Crippen molar-refractivity contribution in [2.75, 3.05) is 13.6 Å². The molecule has 0 aromatic heterocycles. The molecule has 0 saturated heterocycles.